The number of nitrogens with zero attached hydrogens (tertiary/aromatic N) is 4. The fourth-order valence-corrected chi connectivity index (χ4v) is 4.53. The van der Waals surface area contributed by atoms with Crippen LogP contribution in [-0.4, -0.2) is 64.9 Å². The van der Waals surface area contributed by atoms with Crippen LogP contribution >= 0.6 is 0 Å². The first-order valence-corrected chi connectivity index (χ1v) is 11.4. The Morgan fingerprint density at radius 3 is 2.44 bits per heavy atom. The van der Waals surface area contributed by atoms with Crippen LogP contribution in [-0.2, 0) is 4.79 Å². The van der Waals surface area contributed by atoms with Gasteiger partial charge in [0.15, 0.2) is 12.2 Å². The fraction of sp³-hybridized carbons (Fsp3) is 0.320. The molecule has 0 aliphatic carbocycles. The molecule has 5 rings (SSSR count). The number of guanidine groups is 1. The number of rotatable bonds is 7. The number of para-hydroxylation sites is 1. The number of carbonyl (C=O) groups excluding carboxylic acids is 2. The standard InChI is InChI=1S/C25H28N6O3/c1-16-17(2)31-21-22(29(3)25(33)28-23(21)32)27-24(31)30(16)15-7-14-26-18-10-12-20(13-11-18)34-19-8-5-4-6-9-19/h4-6,8-13,21-22,26H,7,14-15H2,1-3H3,(H,28,32,33). The lowest BCUT2D eigenvalue weighted by molar-refractivity contribution is -0.126. The Morgan fingerprint density at radius 2 is 1.71 bits per heavy atom. The van der Waals surface area contributed by atoms with E-state index in [-0.39, 0.29) is 5.91 Å². The van der Waals surface area contributed by atoms with Gasteiger partial charge in [0.05, 0.1) is 0 Å². The van der Waals surface area contributed by atoms with Crippen molar-refractivity contribution in [2.45, 2.75) is 32.5 Å². The fourth-order valence-electron chi connectivity index (χ4n) is 4.53. The van der Waals surface area contributed by atoms with Gasteiger partial charge < -0.3 is 19.9 Å². The lowest BCUT2D eigenvalue weighted by Crippen LogP contribution is -2.63. The number of hydrogen-bond acceptors (Lipinski definition) is 7. The highest BCUT2D eigenvalue weighted by Crippen LogP contribution is 2.36. The predicted octanol–water partition coefficient (Wildman–Crippen LogP) is 3.40. The van der Waals surface area contributed by atoms with Crippen LogP contribution < -0.4 is 15.4 Å². The molecule has 1 saturated heterocycles. The second kappa shape index (κ2) is 8.74. The number of urea groups is 1. The highest BCUT2D eigenvalue weighted by Gasteiger charge is 2.52. The van der Waals surface area contributed by atoms with Crippen LogP contribution in [0.4, 0.5) is 10.5 Å². The maximum atomic E-state index is 12.5. The van der Waals surface area contributed by atoms with Gasteiger partial charge in [0.2, 0.25) is 5.96 Å². The van der Waals surface area contributed by atoms with E-state index in [2.05, 4.69) is 15.5 Å². The van der Waals surface area contributed by atoms with Crippen LogP contribution in [0.25, 0.3) is 0 Å². The zero-order chi connectivity index (χ0) is 23.8. The number of ether oxygens (including phenoxy) is 1. The predicted molar refractivity (Wildman–Crippen MR) is 129 cm³/mol. The van der Waals surface area contributed by atoms with E-state index in [1.807, 2.05) is 73.3 Å². The summed E-state index contributed by atoms with van der Waals surface area (Å²) in [7, 11) is 1.67. The van der Waals surface area contributed by atoms with Gasteiger partial charge in [-0.25, -0.2) is 9.79 Å². The van der Waals surface area contributed by atoms with Crippen LogP contribution in [0, 0.1) is 0 Å². The van der Waals surface area contributed by atoms with Crippen LogP contribution in [0.5, 0.6) is 11.5 Å². The van der Waals surface area contributed by atoms with Gasteiger partial charge in [-0.2, -0.15) is 0 Å². The number of benzene rings is 2. The van der Waals surface area contributed by atoms with Crippen molar-refractivity contribution in [3.63, 3.8) is 0 Å². The molecule has 34 heavy (non-hydrogen) atoms. The van der Waals surface area contributed by atoms with Gasteiger partial charge in [0, 0.05) is 37.2 Å². The average Bonchev–Trinajstić information content (AvgIpc) is 3.33. The molecule has 2 N–H and O–H groups in total. The van der Waals surface area contributed by atoms with Crippen molar-refractivity contribution in [1.29, 1.82) is 0 Å². The largest absolute Gasteiger partial charge is 0.457 e. The minimum atomic E-state index is -0.521. The highest BCUT2D eigenvalue weighted by atomic mass is 16.5. The Morgan fingerprint density at radius 1 is 1.00 bits per heavy atom. The van der Waals surface area contributed by atoms with E-state index >= 15 is 0 Å². The van der Waals surface area contributed by atoms with Gasteiger partial charge in [0.25, 0.3) is 5.91 Å². The number of amides is 3. The van der Waals surface area contributed by atoms with E-state index in [9.17, 15) is 9.59 Å². The third kappa shape index (κ3) is 3.83. The quantitative estimate of drug-likeness (QED) is 0.616. The average molecular weight is 461 g/mol. The zero-order valence-electron chi connectivity index (χ0n) is 19.5. The summed E-state index contributed by atoms with van der Waals surface area (Å²) in [6.07, 6.45) is 0.368. The summed E-state index contributed by atoms with van der Waals surface area (Å²) in [6.45, 7) is 5.56. The molecule has 176 valence electrons. The number of anilines is 1. The monoisotopic (exact) mass is 460 g/mol. The molecule has 0 bridgehead atoms. The normalized spacial score (nSPS) is 21.4. The number of nitrogens with one attached hydrogen (secondary N) is 2. The molecule has 2 aromatic rings. The Hall–Kier alpha value is -4.01. The van der Waals surface area contributed by atoms with Crippen LogP contribution in [0.15, 0.2) is 71.0 Å². The Labute approximate surface area is 198 Å². The lowest BCUT2D eigenvalue weighted by Gasteiger charge is -2.35. The first kappa shape index (κ1) is 21.8. The second-order valence-electron chi connectivity index (χ2n) is 8.61. The molecule has 0 radical (unpaired) electrons. The SMILES string of the molecule is CC1=C(C)N2C(=NC3C2C(=O)NC(=O)N3C)N1CCCNc1ccc(Oc2ccccc2)cc1. The van der Waals surface area contributed by atoms with Crippen LogP contribution in [0.3, 0.4) is 0 Å². The Kier molecular flexibility index (Phi) is 5.61. The van der Waals surface area contributed by atoms with E-state index in [1.165, 1.54) is 4.90 Å². The molecule has 0 aromatic heterocycles. The number of hydrogen-bond donors (Lipinski definition) is 2. The molecule has 2 atom stereocenters. The summed E-state index contributed by atoms with van der Waals surface area (Å²) >= 11 is 0. The topological polar surface area (TPSA) is 89.5 Å². The molecular formula is C25H28N6O3. The minimum absolute atomic E-state index is 0.304. The van der Waals surface area contributed by atoms with Crippen molar-refractivity contribution in [3.8, 4) is 11.5 Å². The summed E-state index contributed by atoms with van der Waals surface area (Å²) in [5, 5.41) is 5.87. The van der Waals surface area contributed by atoms with Crippen molar-refractivity contribution in [2.24, 2.45) is 4.99 Å². The molecule has 3 amide bonds. The van der Waals surface area contributed by atoms with Crippen LogP contribution in [0.2, 0.25) is 0 Å². The molecule has 3 aliphatic rings. The maximum Gasteiger partial charge on any atom is 0.325 e. The molecule has 0 spiro atoms. The van der Waals surface area contributed by atoms with Crippen molar-refractivity contribution in [3.05, 3.63) is 66.0 Å². The van der Waals surface area contributed by atoms with E-state index in [1.54, 1.807) is 7.05 Å². The first-order chi connectivity index (χ1) is 16.4. The van der Waals surface area contributed by atoms with Crippen molar-refractivity contribution >= 4 is 23.6 Å². The summed E-state index contributed by atoms with van der Waals surface area (Å²) in [6, 6.07) is 16.7. The molecule has 0 saturated carbocycles. The molecule has 9 heteroatoms. The molecular weight excluding hydrogens is 432 g/mol. The van der Waals surface area contributed by atoms with Crippen molar-refractivity contribution < 1.29 is 14.3 Å². The van der Waals surface area contributed by atoms with Gasteiger partial charge in [-0.05, 0) is 56.7 Å². The number of carbonyl (C=O) groups is 2. The zero-order valence-corrected chi connectivity index (χ0v) is 19.5. The molecule has 9 nitrogen and oxygen atoms in total. The highest BCUT2D eigenvalue weighted by molar-refractivity contribution is 6.05. The van der Waals surface area contributed by atoms with Gasteiger partial charge in [-0.15, -0.1) is 0 Å². The number of aliphatic imine (C=N–C) groups is 1. The summed E-state index contributed by atoms with van der Waals surface area (Å²) < 4.78 is 5.84. The van der Waals surface area contributed by atoms with E-state index in [4.69, 9.17) is 9.73 Å². The third-order valence-corrected chi connectivity index (χ3v) is 6.49. The Bertz CT molecular complexity index is 1160. The lowest BCUT2D eigenvalue weighted by atomic mass is 10.1. The van der Waals surface area contributed by atoms with Gasteiger partial charge >= 0.3 is 6.03 Å². The van der Waals surface area contributed by atoms with E-state index < -0.39 is 18.2 Å². The Balaban J connectivity index is 1.17. The molecule has 3 aliphatic heterocycles. The van der Waals surface area contributed by atoms with Gasteiger partial charge in [0.1, 0.15) is 11.5 Å². The molecule has 3 heterocycles. The third-order valence-electron chi connectivity index (χ3n) is 6.49. The summed E-state index contributed by atoms with van der Waals surface area (Å²) in [4.78, 5) is 34.9. The van der Waals surface area contributed by atoms with Crippen molar-refractivity contribution in [2.75, 3.05) is 25.5 Å². The number of imide groups is 1. The number of allylic oxidation sites excluding steroid dienone is 2. The summed E-state index contributed by atoms with van der Waals surface area (Å²) in [5.41, 5.74) is 3.09. The molecule has 2 aromatic carbocycles. The molecule has 1 fully saturated rings. The van der Waals surface area contributed by atoms with Gasteiger partial charge in [-0.1, -0.05) is 18.2 Å². The van der Waals surface area contributed by atoms with Crippen LogP contribution in [0.1, 0.15) is 20.3 Å². The van der Waals surface area contributed by atoms with E-state index in [0.29, 0.717) is 0 Å². The minimum Gasteiger partial charge on any atom is -0.457 e. The smallest absolute Gasteiger partial charge is 0.325 e. The maximum absolute atomic E-state index is 12.5. The second-order valence-corrected chi connectivity index (χ2v) is 8.61. The first-order valence-electron chi connectivity index (χ1n) is 11.4. The summed E-state index contributed by atoms with van der Waals surface area (Å²) in [5.74, 6) is 2.04. The number of fused-ring (bicyclic) bond motifs is 3. The van der Waals surface area contributed by atoms with Crippen molar-refractivity contribution in [1.82, 2.24) is 20.0 Å². The van der Waals surface area contributed by atoms with E-state index in [0.717, 1.165) is 54.1 Å². The number of likely N-dealkylation sites (N-methyl/N-ethyl adjacent to an activating group) is 1. The molecule has 2 unspecified atom stereocenters. The van der Waals surface area contributed by atoms with Gasteiger partial charge in [-0.3, -0.25) is 15.0 Å².